The van der Waals surface area contributed by atoms with Gasteiger partial charge in [0.2, 0.25) is 17.7 Å². The number of phenols is 1. The predicted molar refractivity (Wildman–Crippen MR) is 160 cm³/mol. The van der Waals surface area contributed by atoms with Crippen molar-refractivity contribution in [3.63, 3.8) is 0 Å². The van der Waals surface area contributed by atoms with Crippen molar-refractivity contribution in [3.8, 4) is 5.75 Å². The third kappa shape index (κ3) is 12.8. The lowest BCUT2D eigenvalue weighted by atomic mass is 10.0. The van der Waals surface area contributed by atoms with Crippen molar-refractivity contribution in [1.29, 1.82) is 0 Å². The van der Waals surface area contributed by atoms with Crippen molar-refractivity contribution in [2.45, 2.75) is 62.7 Å². The largest absolute Gasteiger partial charge is 0.508 e. The van der Waals surface area contributed by atoms with Gasteiger partial charge in [0.25, 0.3) is 0 Å². The van der Waals surface area contributed by atoms with Crippen LogP contribution in [0.3, 0.4) is 0 Å². The first-order chi connectivity index (χ1) is 20.8. The maximum absolute atomic E-state index is 13.5. The number of phenolic OH excluding ortho intramolecular Hbond substituents is 1. The van der Waals surface area contributed by atoms with Crippen LogP contribution in [-0.4, -0.2) is 81.7 Å². The lowest BCUT2D eigenvalue weighted by molar-refractivity contribution is -0.143. The minimum absolute atomic E-state index is 0.0189. The number of carboxylic acids is 2. The van der Waals surface area contributed by atoms with Gasteiger partial charge in [-0.25, -0.2) is 4.79 Å². The molecule has 15 nitrogen and oxygen atoms in total. The second kappa shape index (κ2) is 17.7. The van der Waals surface area contributed by atoms with Crippen molar-refractivity contribution < 1.29 is 39.3 Å². The van der Waals surface area contributed by atoms with Gasteiger partial charge >= 0.3 is 11.9 Å². The van der Waals surface area contributed by atoms with E-state index in [1.165, 1.54) is 24.3 Å². The van der Waals surface area contributed by atoms with Crippen molar-refractivity contribution >= 4 is 35.6 Å². The summed E-state index contributed by atoms with van der Waals surface area (Å²) in [5.41, 5.74) is 17.8. The van der Waals surface area contributed by atoms with E-state index < -0.39 is 60.2 Å². The van der Waals surface area contributed by atoms with Crippen LogP contribution in [0.4, 0.5) is 0 Å². The Morgan fingerprint density at radius 1 is 0.727 bits per heavy atom. The molecular formula is C29H39N7O8. The Morgan fingerprint density at radius 2 is 1.27 bits per heavy atom. The molecule has 0 bridgehead atoms. The number of benzene rings is 2. The van der Waals surface area contributed by atoms with Crippen molar-refractivity contribution in [1.82, 2.24) is 16.0 Å². The van der Waals surface area contributed by atoms with Gasteiger partial charge in [0, 0.05) is 25.8 Å². The fourth-order valence-corrected chi connectivity index (χ4v) is 4.14. The molecule has 4 atom stereocenters. The molecule has 0 aliphatic heterocycles. The topological polar surface area (TPSA) is 273 Å². The Bertz CT molecular complexity index is 1300. The minimum Gasteiger partial charge on any atom is -0.508 e. The monoisotopic (exact) mass is 613 g/mol. The second-order valence-electron chi connectivity index (χ2n) is 10.1. The zero-order chi connectivity index (χ0) is 32.6. The Morgan fingerprint density at radius 3 is 1.86 bits per heavy atom. The maximum Gasteiger partial charge on any atom is 0.326 e. The van der Waals surface area contributed by atoms with Crippen molar-refractivity contribution in [2.24, 2.45) is 22.2 Å². The molecule has 0 heterocycles. The predicted octanol–water partition coefficient (Wildman–Crippen LogP) is -1.04. The molecule has 0 aliphatic carbocycles. The minimum atomic E-state index is -1.44. The number of hydrogen-bond acceptors (Lipinski definition) is 8. The molecule has 2 aromatic carbocycles. The van der Waals surface area contributed by atoms with E-state index in [1.54, 1.807) is 30.3 Å². The summed E-state index contributed by atoms with van der Waals surface area (Å²) < 4.78 is 0. The summed E-state index contributed by atoms with van der Waals surface area (Å²) in [5, 5.41) is 35.8. The number of guanidine groups is 1. The van der Waals surface area contributed by atoms with Gasteiger partial charge in [-0.2, -0.15) is 0 Å². The van der Waals surface area contributed by atoms with Crippen LogP contribution in [0.1, 0.15) is 36.8 Å². The van der Waals surface area contributed by atoms with E-state index in [0.717, 1.165) is 0 Å². The number of carbonyl (C=O) groups excluding carboxylic acids is 3. The van der Waals surface area contributed by atoms with Crippen molar-refractivity contribution in [3.05, 3.63) is 65.7 Å². The highest BCUT2D eigenvalue weighted by atomic mass is 16.4. The molecule has 15 heteroatoms. The molecule has 12 N–H and O–H groups in total. The van der Waals surface area contributed by atoms with Crippen LogP contribution in [0.25, 0.3) is 0 Å². The van der Waals surface area contributed by atoms with Crippen molar-refractivity contribution in [2.75, 3.05) is 6.54 Å². The normalized spacial score (nSPS) is 13.4. The summed E-state index contributed by atoms with van der Waals surface area (Å²) in [7, 11) is 0. The van der Waals surface area contributed by atoms with Crippen LogP contribution in [0, 0.1) is 0 Å². The number of amides is 3. The second-order valence-corrected chi connectivity index (χ2v) is 10.1. The molecule has 2 aromatic rings. The Kier molecular flexibility index (Phi) is 14.1. The molecule has 0 spiro atoms. The Labute approximate surface area is 253 Å². The molecule has 0 aromatic heterocycles. The molecule has 0 radical (unpaired) electrons. The lowest BCUT2D eigenvalue weighted by Gasteiger charge is -2.25. The molecule has 4 unspecified atom stereocenters. The van der Waals surface area contributed by atoms with Crippen LogP contribution < -0.4 is 33.2 Å². The smallest absolute Gasteiger partial charge is 0.326 e. The number of nitrogens with zero attached hydrogens (tertiary/aromatic N) is 1. The number of carboxylic acid groups (broad SMARTS) is 2. The van der Waals surface area contributed by atoms with Gasteiger partial charge in [-0.15, -0.1) is 0 Å². The number of aliphatic imine (C=N–C) groups is 1. The third-order valence-corrected chi connectivity index (χ3v) is 6.49. The highest BCUT2D eigenvalue weighted by molar-refractivity contribution is 5.94. The number of carbonyl (C=O) groups is 5. The van der Waals surface area contributed by atoms with E-state index in [0.29, 0.717) is 17.5 Å². The number of hydrogen-bond donors (Lipinski definition) is 9. The maximum atomic E-state index is 13.5. The Hall–Kier alpha value is -5.18. The van der Waals surface area contributed by atoms with Gasteiger partial charge in [-0.3, -0.25) is 24.2 Å². The standard InChI is InChI=1S/C29H39N7O8/c30-20(7-4-14-33-29(31)32)25(40)35-22(15-17-5-2-1-3-6-17)27(42)34-21(12-13-24(38)39)26(41)36-23(28(43)44)16-18-8-10-19(37)11-9-18/h1-3,5-6,8-11,20-23,37H,4,7,12-16,30H2,(H,34,42)(H,35,40)(H,36,41)(H,38,39)(H,43,44)(H4,31,32,33). The summed E-state index contributed by atoms with van der Waals surface area (Å²) in [6.45, 7) is 0.252. The average Bonchev–Trinajstić information content (AvgIpc) is 2.97. The first-order valence-electron chi connectivity index (χ1n) is 13.8. The van der Waals surface area contributed by atoms with Crippen LogP contribution in [0.2, 0.25) is 0 Å². The van der Waals surface area contributed by atoms with Crippen LogP contribution in [-0.2, 0) is 36.8 Å². The van der Waals surface area contributed by atoms with E-state index in [4.69, 9.17) is 17.2 Å². The number of aromatic hydroxyl groups is 1. The number of aliphatic carboxylic acids is 2. The van der Waals surface area contributed by atoms with Crippen LogP contribution >= 0.6 is 0 Å². The fourth-order valence-electron chi connectivity index (χ4n) is 4.14. The number of nitrogens with one attached hydrogen (secondary N) is 3. The molecule has 0 saturated carbocycles. The molecular weight excluding hydrogens is 574 g/mol. The summed E-state index contributed by atoms with van der Waals surface area (Å²) in [6, 6.07) is 9.35. The zero-order valence-electron chi connectivity index (χ0n) is 24.0. The summed E-state index contributed by atoms with van der Waals surface area (Å²) in [4.78, 5) is 66.6. The number of nitrogens with two attached hydrogens (primary N) is 3. The molecule has 0 fully saturated rings. The van der Waals surface area contributed by atoms with E-state index in [1.807, 2.05) is 0 Å². The van der Waals surface area contributed by atoms with Gasteiger partial charge in [0.1, 0.15) is 23.9 Å². The Balaban J connectivity index is 2.21. The third-order valence-electron chi connectivity index (χ3n) is 6.49. The highest BCUT2D eigenvalue weighted by Gasteiger charge is 2.31. The summed E-state index contributed by atoms with van der Waals surface area (Å²) in [6.07, 6.45) is -0.378. The van der Waals surface area contributed by atoms with E-state index in [9.17, 15) is 39.3 Å². The summed E-state index contributed by atoms with van der Waals surface area (Å²) in [5.74, 6) is -5.09. The van der Waals surface area contributed by atoms with E-state index in [2.05, 4.69) is 20.9 Å². The molecule has 0 aliphatic rings. The molecule has 2 rings (SSSR count). The SMILES string of the molecule is NC(N)=NCCCC(N)C(=O)NC(Cc1ccccc1)C(=O)NC(CCC(=O)O)C(=O)NC(Cc1ccc(O)cc1)C(=O)O. The van der Waals surface area contributed by atoms with Gasteiger partial charge < -0.3 is 48.5 Å². The molecule has 3 amide bonds. The molecule has 238 valence electrons. The first kappa shape index (κ1) is 35.0. The van der Waals surface area contributed by atoms with Gasteiger partial charge in [0.15, 0.2) is 5.96 Å². The number of rotatable bonds is 18. The quantitative estimate of drug-likeness (QED) is 0.0556. The van der Waals surface area contributed by atoms with Crippen LogP contribution in [0.15, 0.2) is 59.6 Å². The average molecular weight is 614 g/mol. The van der Waals surface area contributed by atoms with Gasteiger partial charge in [-0.05, 0) is 42.5 Å². The highest BCUT2D eigenvalue weighted by Crippen LogP contribution is 2.12. The molecule has 0 saturated heterocycles. The van der Waals surface area contributed by atoms with E-state index in [-0.39, 0.29) is 43.9 Å². The first-order valence-corrected chi connectivity index (χ1v) is 13.8. The molecule has 44 heavy (non-hydrogen) atoms. The summed E-state index contributed by atoms with van der Waals surface area (Å²) >= 11 is 0. The fraction of sp³-hybridized carbons (Fsp3) is 0.379. The van der Waals surface area contributed by atoms with E-state index >= 15 is 0 Å². The lowest BCUT2D eigenvalue weighted by Crippen LogP contribution is -2.57. The van der Waals surface area contributed by atoms with Gasteiger partial charge in [0.05, 0.1) is 6.04 Å². The van der Waals surface area contributed by atoms with Crippen LogP contribution in [0.5, 0.6) is 5.75 Å². The van der Waals surface area contributed by atoms with Gasteiger partial charge in [-0.1, -0.05) is 42.5 Å². The zero-order valence-corrected chi connectivity index (χ0v) is 24.0.